The molecule has 0 aromatic heterocycles. The van der Waals surface area contributed by atoms with Crippen LogP contribution in [0.3, 0.4) is 0 Å². The Bertz CT molecular complexity index is 780. The van der Waals surface area contributed by atoms with E-state index in [0.717, 1.165) is 28.3 Å². The molecule has 26 heavy (non-hydrogen) atoms. The maximum atomic E-state index is 11.7. The molecule has 0 amide bonds. The van der Waals surface area contributed by atoms with E-state index in [0.29, 0.717) is 24.7 Å². The molecule has 0 saturated heterocycles. The van der Waals surface area contributed by atoms with Gasteiger partial charge in [0.15, 0.2) is 18.3 Å². The standard InChI is InChI=1S/C21H26O5/c1-5-15-9-8-10-17-16(11-12-19(22)25-7-3)13-18(24-6-2)21(20(15)17)26-14-23-4/h8-13H,5-7,14H2,1-4H3/b12-11-. The number of aryl methyl sites for hydroxylation is 1. The van der Waals surface area contributed by atoms with E-state index in [-0.39, 0.29) is 12.8 Å². The number of esters is 1. The minimum absolute atomic E-state index is 0.130. The highest BCUT2D eigenvalue weighted by atomic mass is 16.7. The van der Waals surface area contributed by atoms with E-state index in [2.05, 4.69) is 13.0 Å². The van der Waals surface area contributed by atoms with E-state index in [4.69, 9.17) is 18.9 Å². The molecule has 0 atom stereocenters. The minimum Gasteiger partial charge on any atom is -0.490 e. The fraction of sp³-hybridized carbons (Fsp3) is 0.381. The van der Waals surface area contributed by atoms with E-state index in [9.17, 15) is 4.79 Å². The molecule has 5 nitrogen and oxygen atoms in total. The Morgan fingerprint density at radius 2 is 1.92 bits per heavy atom. The van der Waals surface area contributed by atoms with Crippen molar-refractivity contribution in [2.45, 2.75) is 27.2 Å². The molecule has 0 aliphatic heterocycles. The average Bonchev–Trinajstić information content (AvgIpc) is 2.65. The number of rotatable bonds is 9. The Balaban J connectivity index is 2.67. The second-order valence-electron chi connectivity index (χ2n) is 5.56. The van der Waals surface area contributed by atoms with Crippen molar-refractivity contribution in [3.05, 3.63) is 41.5 Å². The first-order valence-corrected chi connectivity index (χ1v) is 8.84. The Kier molecular flexibility index (Phi) is 7.48. The maximum Gasteiger partial charge on any atom is 0.330 e. The van der Waals surface area contributed by atoms with E-state index in [1.165, 1.54) is 6.08 Å². The topological polar surface area (TPSA) is 54.0 Å². The molecule has 0 saturated carbocycles. The molecule has 2 aromatic carbocycles. The fourth-order valence-corrected chi connectivity index (χ4v) is 2.82. The quantitative estimate of drug-likeness (QED) is 0.379. The lowest BCUT2D eigenvalue weighted by Gasteiger charge is -2.18. The molecule has 0 heterocycles. The van der Waals surface area contributed by atoms with Gasteiger partial charge in [0, 0.05) is 18.6 Å². The van der Waals surface area contributed by atoms with E-state index in [1.54, 1.807) is 20.1 Å². The van der Waals surface area contributed by atoms with Gasteiger partial charge in [-0.3, -0.25) is 0 Å². The summed E-state index contributed by atoms with van der Waals surface area (Å²) in [6.07, 6.45) is 4.03. The summed E-state index contributed by atoms with van der Waals surface area (Å²) in [5.41, 5.74) is 2.01. The van der Waals surface area contributed by atoms with Crippen LogP contribution in [0.2, 0.25) is 0 Å². The first-order chi connectivity index (χ1) is 12.7. The lowest BCUT2D eigenvalue weighted by molar-refractivity contribution is -0.137. The van der Waals surface area contributed by atoms with Gasteiger partial charge in [0.1, 0.15) is 0 Å². The Labute approximate surface area is 154 Å². The highest BCUT2D eigenvalue weighted by Crippen LogP contribution is 2.41. The van der Waals surface area contributed by atoms with Crippen molar-refractivity contribution in [3.8, 4) is 11.5 Å². The SMILES string of the molecule is CCOC(=O)/C=C\c1cc(OCC)c(OCOC)c2c(CC)cccc12. The summed E-state index contributed by atoms with van der Waals surface area (Å²) in [5.74, 6) is 0.917. The van der Waals surface area contributed by atoms with Crippen LogP contribution in [0.4, 0.5) is 0 Å². The molecule has 0 unspecified atom stereocenters. The third-order valence-electron chi connectivity index (χ3n) is 3.89. The monoisotopic (exact) mass is 358 g/mol. The van der Waals surface area contributed by atoms with Gasteiger partial charge in [-0.25, -0.2) is 4.79 Å². The summed E-state index contributed by atoms with van der Waals surface area (Å²) in [4.78, 5) is 11.7. The molecule has 0 N–H and O–H groups in total. The minimum atomic E-state index is -0.370. The van der Waals surface area contributed by atoms with Crippen LogP contribution in [0, 0.1) is 0 Å². The number of methoxy groups -OCH3 is 1. The summed E-state index contributed by atoms with van der Waals surface area (Å²) < 4.78 is 21.7. The lowest BCUT2D eigenvalue weighted by Crippen LogP contribution is -2.04. The maximum absolute atomic E-state index is 11.7. The average molecular weight is 358 g/mol. The van der Waals surface area contributed by atoms with Crippen LogP contribution < -0.4 is 9.47 Å². The van der Waals surface area contributed by atoms with Crippen molar-refractivity contribution in [1.29, 1.82) is 0 Å². The van der Waals surface area contributed by atoms with E-state index < -0.39 is 0 Å². The molecular formula is C21H26O5. The zero-order valence-electron chi connectivity index (χ0n) is 15.8. The summed E-state index contributed by atoms with van der Waals surface area (Å²) in [6, 6.07) is 7.96. The second kappa shape index (κ2) is 9.82. The highest BCUT2D eigenvalue weighted by molar-refractivity contribution is 6.01. The van der Waals surface area contributed by atoms with Gasteiger partial charge in [-0.05, 0) is 48.9 Å². The largest absolute Gasteiger partial charge is 0.490 e. The highest BCUT2D eigenvalue weighted by Gasteiger charge is 2.16. The van der Waals surface area contributed by atoms with E-state index >= 15 is 0 Å². The molecule has 0 radical (unpaired) electrons. The number of carbonyl (C=O) groups is 1. The van der Waals surface area contributed by atoms with Crippen LogP contribution >= 0.6 is 0 Å². The van der Waals surface area contributed by atoms with Crippen molar-refractivity contribution >= 4 is 22.8 Å². The third-order valence-corrected chi connectivity index (χ3v) is 3.89. The second-order valence-corrected chi connectivity index (χ2v) is 5.56. The van der Waals surface area contributed by atoms with Gasteiger partial charge in [0.2, 0.25) is 0 Å². The van der Waals surface area contributed by atoms with Crippen LogP contribution in [0.25, 0.3) is 16.8 Å². The smallest absolute Gasteiger partial charge is 0.330 e. The molecule has 2 aromatic rings. The van der Waals surface area contributed by atoms with Gasteiger partial charge >= 0.3 is 5.97 Å². The normalized spacial score (nSPS) is 11.1. The van der Waals surface area contributed by atoms with Crippen molar-refractivity contribution in [1.82, 2.24) is 0 Å². The van der Waals surface area contributed by atoms with Gasteiger partial charge in [-0.2, -0.15) is 0 Å². The first-order valence-electron chi connectivity index (χ1n) is 8.84. The molecule has 0 spiro atoms. The number of benzene rings is 2. The number of fused-ring (bicyclic) bond motifs is 1. The van der Waals surface area contributed by atoms with Crippen LogP contribution in [0.1, 0.15) is 31.9 Å². The molecule has 0 aliphatic carbocycles. The predicted molar refractivity (Wildman–Crippen MR) is 103 cm³/mol. The lowest BCUT2D eigenvalue weighted by atomic mass is 9.96. The summed E-state index contributed by atoms with van der Waals surface area (Å²) in [6.45, 7) is 6.78. The fourth-order valence-electron chi connectivity index (χ4n) is 2.82. The van der Waals surface area contributed by atoms with Crippen LogP contribution in [-0.4, -0.2) is 33.1 Å². The Morgan fingerprint density at radius 3 is 2.58 bits per heavy atom. The number of hydrogen-bond donors (Lipinski definition) is 0. The van der Waals surface area contributed by atoms with Gasteiger partial charge < -0.3 is 18.9 Å². The molecule has 0 aliphatic rings. The zero-order chi connectivity index (χ0) is 18.9. The third kappa shape index (κ3) is 4.55. The Hall–Kier alpha value is -2.53. The van der Waals surface area contributed by atoms with Gasteiger partial charge in [-0.15, -0.1) is 0 Å². The first kappa shape index (κ1) is 19.8. The van der Waals surface area contributed by atoms with Crippen molar-refractivity contribution < 1.29 is 23.7 Å². The molecule has 5 heteroatoms. The summed E-state index contributed by atoms with van der Waals surface area (Å²) in [5, 5.41) is 1.96. The Morgan fingerprint density at radius 1 is 1.12 bits per heavy atom. The number of ether oxygens (including phenoxy) is 4. The van der Waals surface area contributed by atoms with Crippen LogP contribution in [-0.2, 0) is 20.7 Å². The van der Waals surface area contributed by atoms with E-state index in [1.807, 2.05) is 25.1 Å². The van der Waals surface area contributed by atoms with Gasteiger partial charge in [0.25, 0.3) is 0 Å². The summed E-state index contributed by atoms with van der Waals surface area (Å²) >= 11 is 0. The molecule has 0 fully saturated rings. The van der Waals surface area contributed by atoms with Crippen LogP contribution in [0.15, 0.2) is 30.3 Å². The van der Waals surface area contributed by atoms with Crippen LogP contribution in [0.5, 0.6) is 11.5 Å². The molecule has 2 rings (SSSR count). The molecule has 140 valence electrons. The number of hydrogen-bond acceptors (Lipinski definition) is 5. The molecule has 0 bridgehead atoms. The van der Waals surface area contributed by atoms with Crippen molar-refractivity contribution in [3.63, 3.8) is 0 Å². The van der Waals surface area contributed by atoms with Crippen molar-refractivity contribution in [2.75, 3.05) is 27.1 Å². The van der Waals surface area contributed by atoms with Crippen molar-refractivity contribution in [2.24, 2.45) is 0 Å². The zero-order valence-corrected chi connectivity index (χ0v) is 15.8. The van der Waals surface area contributed by atoms with Gasteiger partial charge in [-0.1, -0.05) is 25.1 Å². The predicted octanol–water partition coefficient (Wildman–Crippen LogP) is 4.36. The number of carbonyl (C=O) groups excluding carboxylic acids is 1. The summed E-state index contributed by atoms with van der Waals surface area (Å²) in [7, 11) is 1.58. The molecular weight excluding hydrogens is 332 g/mol. The van der Waals surface area contributed by atoms with Gasteiger partial charge in [0.05, 0.1) is 13.2 Å².